The van der Waals surface area contributed by atoms with Crippen molar-refractivity contribution in [1.29, 1.82) is 0 Å². The van der Waals surface area contributed by atoms with Gasteiger partial charge in [0.05, 0.1) is 5.71 Å². The van der Waals surface area contributed by atoms with Gasteiger partial charge >= 0.3 is 0 Å². The summed E-state index contributed by atoms with van der Waals surface area (Å²) in [6.45, 7) is 3.15. The van der Waals surface area contributed by atoms with Crippen LogP contribution in [0, 0.1) is 0 Å². The van der Waals surface area contributed by atoms with Gasteiger partial charge in [-0.05, 0) is 27.9 Å². The van der Waals surface area contributed by atoms with E-state index in [2.05, 4.69) is 5.10 Å². The van der Waals surface area contributed by atoms with Crippen molar-refractivity contribution in [1.82, 2.24) is 15.0 Å². The number of hydrazone groups is 1. The third kappa shape index (κ3) is 1.71. The molecule has 1 heterocycles. The van der Waals surface area contributed by atoms with Gasteiger partial charge in [0, 0.05) is 7.05 Å². The lowest BCUT2D eigenvalue weighted by Crippen LogP contribution is -2.61. The zero-order valence-corrected chi connectivity index (χ0v) is 10.2. The number of hydroxylamine groups is 2. The van der Waals surface area contributed by atoms with Crippen LogP contribution < -0.4 is 0 Å². The van der Waals surface area contributed by atoms with Gasteiger partial charge in [-0.15, -0.1) is 5.06 Å². The van der Waals surface area contributed by atoms with Gasteiger partial charge in [-0.3, -0.25) is 9.69 Å². The Morgan fingerprint density at radius 1 is 1.50 bits per heavy atom. The molecule has 7 heteroatoms. The zero-order chi connectivity index (χ0) is 12.7. The molecule has 0 aliphatic carbocycles. The predicted octanol–water partition coefficient (Wildman–Crippen LogP) is -0.878. The summed E-state index contributed by atoms with van der Waals surface area (Å²) in [5, 5.41) is 25.4. The number of hydrogen-bond donors (Lipinski definition) is 2. The highest BCUT2D eigenvalue weighted by Gasteiger charge is 2.51. The summed E-state index contributed by atoms with van der Waals surface area (Å²) in [6.07, 6.45) is -1.27. The summed E-state index contributed by atoms with van der Waals surface area (Å²) in [5.74, 6) is -0.381. The Hall–Kier alpha value is -1.02. The summed E-state index contributed by atoms with van der Waals surface area (Å²) in [6, 6.07) is 0. The maximum absolute atomic E-state index is 11.9. The molecule has 2 unspecified atom stereocenters. The van der Waals surface area contributed by atoms with E-state index >= 15 is 0 Å². The Morgan fingerprint density at radius 3 is 2.31 bits per heavy atom. The van der Waals surface area contributed by atoms with Crippen LogP contribution in [0.15, 0.2) is 5.10 Å². The Labute approximate surface area is 94.5 Å². The highest BCUT2D eigenvalue weighted by molar-refractivity contribution is 6.14. The molecular formula is C9H18N4O3. The zero-order valence-electron chi connectivity index (χ0n) is 10.2. The van der Waals surface area contributed by atoms with Crippen LogP contribution in [0.25, 0.3) is 0 Å². The second-order valence-corrected chi connectivity index (χ2v) is 4.24. The van der Waals surface area contributed by atoms with Gasteiger partial charge in [0.2, 0.25) is 0 Å². The molecule has 0 aromatic heterocycles. The van der Waals surface area contributed by atoms with Crippen LogP contribution in [0.2, 0.25) is 0 Å². The molecule has 0 saturated heterocycles. The Bertz CT molecular complexity index is 331. The first-order chi connectivity index (χ1) is 7.22. The van der Waals surface area contributed by atoms with E-state index in [1.807, 2.05) is 0 Å². The van der Waals surface area contributed by atoms with Crippen molar-refractivity contribution in [2.45, 2.75) is 25.7 Å². The molecule has 1 amide bonds. The number of rotatable bonds is 3. The van der Waals surface area contributed by atoms with Crippen LogP contribution in [0.3, 0.4) is 0 Å². The maximum atomic E-state index is 11.9. The number of amides is 1. The van der Waals surface area contributed by atoms with E-state index in [4.69, 9.17) is 0 Å². The fourth-order valence-electron chi connectivity index (χ4n) is 1.55. The molecule has 7 nitrogen and oxygen atoms in total. The van der Waals surface area contributed by atoms with Crippen LogP contribution in [0.5, 0.6) is 0 Å². The van der Waals surface area contributed by atoms with Crippen LogP contribution in [0.1, 0.15) is 13.8 Å². The molecule has 1 aliphatic rings. The molecule has 0 fully saturated rings. The van der Waals surface area contributed by atoms with E-state index in [1.165, 1.54) is 18.9 Å². The molecule has 2 atom stereocenters. The molecule has 0 saturated carbocycles. The van der Waals surface area contributed by atoms with Crippen molar-refractivity contribution in [2.24, 2.45) is 5.10 Å². The molecule has 1 rings (SSSR count). The van der Waals surface area contributed by atoms with E-state index in [0.717, 1.165) is 5.01 Å². The molecule has 0 aromatic carbocycles. The third-order valence-corrected chi connectivity index (χ3v) is 2.85. The first kappa shape index (κ1) is 13.0. The molecular weight excluding hydrogens is 212 g/mol. The summed E-state index contributed by atoms with van der Waals surface area (Å²) in [7, 11) is 4.69. The lowest BCUT2D eigenvalue weighted by molar-refractivity contribution is -0.269. The van der Waals surface area contributed by atoms with Gasteiger partial charge in [0.15, 0.2) is 11.9 Å². The van der Waals surface area contributed by atoms with Gasteiger partial charge < -0.3 is 10.3 Å². The number of aliphatic hydroxyl groups excluding tert-OH is 1. The van der Waals surface area contributed by atoms with Gasteiger partial charge in [0.1, 0.15) is 0 Å². The van der Waals surface area contributed by atoms with Crippen molar-refractivity contribution in [3.05, 3.63) is 0 Å². The number of aliphatic hydroxyl groups is 1. The molecule has 2 N–H and O–H groups in total. The average molecular weight is 230 g/mol. The van der Waals surface area contributed by atoms with Crippen molar-refractivity contribution in [3.8, 4) is 0 Å². The van der Waals surface area contributed by atoms with Gasteiger partial charge in [-0.2, -0.15) is 5.10 Å². The first-order valence-corrected chi connectivity index (χ1v) is 4.89. The molecule has 0 aromatic rings. The fourth-order valence-corrected chi connectivity index (χ4v) is 1.55. The van der Waals surface area contributed by atoms with Crippen molar-refractivity contribution < 1.29 is 15.1 Å². The summed E-state index contributed by atoms with van der Waals surface area (Å²) >= 11 is 0. The van der Waals surface area contributed by atoms with Crippen LogP contribution in [-0.4, -0.2) is 69.9 Å². The fraction of sp³-hybridized carbons (Fsp3) is 0.778. The van der Waals surface area contributed by atoms with Gasteiger partial charge in [-0.1, -0.05) is 0 Å². The lowest BCUT2D eigenvalue weighted by atomic mass is 9.96. The van der Waals surface area contributed by atoms with E-state index in [0.29, 0.717) is 10.8 Å². The monoisotopic (exact) mass is 230 g/mol. The number of carbonyl (C=O) groups is 1. The second-order valence-electron chi connectivity index (χ2n) is 4.24. The van der Waals surface area contributed by atoms with Gasteiger partial charge in [0.25, 0.3) is 5.91 Å². The SMILES string of the molecule is CC1=NN(C)C(=O)C1(C)N(O)C(O)N(C)C. The topological polar surface area (TPSA) is 79.6 Å². The largest absolute Gasteiger partial charge is 0.363 e. The van der Waals surface area contributed by atoms with E-state index in [9.17, 15) is 15.1 Å². The van der Waals surface area contributed by atoms with Crippen molar-refractivity contribution >= 4 is 11.6 Å². The summed E-state index contributed by atoms with van der Waals surface area (Å²) in [5.41, 5.74) is -0.887. The highest BCUT2D eigenvalue weighted by Crippen LogP contribution is 2.26. The quantitative estimate of drug-likeness (QED) is 0.486. The third-order valence-electron chi connectivity index (χ3n) is 2.85. The Morgan fingerprint density at radius 2 is 2.00 bits per heavy atom. The Balaban J connectivity index is 3.03. The molecule has 92 valence electrons. The molecule has 0 bridgehead atoms. The molecule has 0 radical (unpaired) electrons. The lowest BCUT2D eigenvalue weighted by Gasteiger charge is -2.36. The van der Waals surface area contributed by atoms with Crippen LogP contribution in [-0.2, 0) is 4.79 Å². The van der Waals surface area contributed by atoms with Crippen LogP contribution >= 0.6 is 0 Å². The average Bonchev–Trinajstić information content (AvgIpc) is 2.41. The smallest absolute Gasteiger partial charge is 0.271 e. The number of hydrogen-bond acceptors (Lipinski definition) is 6. The summed E-state index contributed by atoms with van der Waals surface area (Å²) in [4.78, 5) is 13.3. The normalized spacial score (nSPS) is 27.9. The number of carbonyl (C=O) groups excluding carboxylic acids is 1. The second kappa shape index (κ2) is 4.10. The van der Waals surface area contributed by atoms with Crippen LogP contribution in [0.4, 0.5) is 0 Å². The highest BCUT2D eigenvalue weighted by atomic mass is 16.5. The number of nitrogens with zero attached hydrogens (tertiary/aromatic N) is 4. The van der Waals surface area contributed by atoms with Crippen molar-refractivity contribution in [3.63, 3.8) is 0 Å². The van der Waals surface area contributed by atoms with E-state index in [-0.39, 0.29) is 5.91 Å². The summed E-state index contributed by atoms with van der Waals surface area (Å²) < 4.78 is 0. The first-order valence-electron chi connectivity index (χ1n) is 4.89. The minimum atomic E-state index is -1.32. The number of likely N-dealkylation sites (N-methyl/N-ethyl adjacent to an activating group) is 1. The standard InChI is InChI=1S/C9H18N4O3/c1-6-9(2,7(14)12(5)10-6)13(16)8(15)11(3)4/h8,15-16H,1-5H3. The molecule has 16 heavy (non-hydrogen) atoms. The molecule has 0 spiro atoms. The minimum Gasteiger partial charge on any atom is -0.363 e. The Kier molecular flexibility index (Phi) is 3.34. The van der Waals surface area contributed by atoms with E-state index in [1.54, 1.807) is 21.0 Å². The predicted molar refractivity (Wildman–Crippen MR) is 57.6 cm³/mol. The molecule has 1 aliphatic heterocycles. The maximum Gasteiger partial charge on any atom is 0.271 e. The van der Waals surface area contributed by atoms with E-state index < -0.39 is 11.9 Å². The minimum absolute atomic E-state index is 0.381. The van der Waals surface area contributed by atoms with Gasteiger partial charge in [-0.25, -0.2) is 5.01 Å². The van der Waals surface area contributed by atoms with Crippen molar-refractivity contribution in [2.75, 3.05) is 21.1 Å².